The van der Waals surface area contributed by atoms with E-state index in [4.69, 9.17) is 14.2 Å². The number of nitrogens with zero attached hydrogens (tertiary/aromatic N) is 1. The van der Waals surface area contributed by atoms with Crippen LogP contribution in [0.15, 0.2) is 72.8 Å². The molecule has 5 rings (SSSR count). The van der Waals surface area contributed by atoms with Crippen molar-refractivity contribution in [2.45, 2.75) is 159 Å². The summed E-state index contributed by atoms with van der Waals surface area (Å²) >= 11 is 0. The summed E-state index contributed by atoms with van der Waals surface area (Å²) in [4.78, 5) is 27.3. The van der Waals surface area contributed by atoms with Gasteiger partial charge in [-0.3, -0.25) is 4.79 Å². The first kappa shape index (κ1) is 38.3. The summed E-state index contributed by atoms with van der Waals surface area (Å²) in [6, 6.07) is 20.2. The molecule has 3 aliphatic heterocycles. The van der Waals surface area contributed by atoms with E-state index >= 15 is 0 Å². The van der Waals surface area contributed by atoms with Crippen LogP contribution in [0.1, 0.15) is 146 Å². The molecule has 6 heteroatoms. The molecule has 1 spiro atoms. The first-order chi connectivity index (χ1) is 24.6. The Morgan fingerprint density at radius 3 is 1.80 bits per heavy atom. The molecule has 0 aromatic heterocycles. The molecule has 3 heterocycles. The number of ether oxygens (including phenoxy) is 3. The highest BCUT2D eigenvalue weighted by Gasteiger charge is 2.57. The minimum Gasteiger partial charge on any atom is -0.459 e. The van der Waals surface area contributed by atoms with Gasteiger partial charge in [-0.2, -0.15) is 0 Å². The average Bonchev–Trinajstić information content (AvgIpc) is 3.69. The number of carbonyl (C=O) groups excluding carboxylic acids is 2. The fourth-order valence-electron chi connectivity index (χ4n) is 9.11. The van der Waals surface area contributed by atoms with Gasteiger partial charge in [0.15, 0.2) is 6.79 Å². The number of benzene rings is 2. The van der Waals surface area contributed by atoms with Gasteiger partial charge in [-0.1, -0.05) is 131 Å². The fourth-order valence-corrected chi connectivity index (χ4v) is 9.11. The highest BCUT2D eigenvalue weighted by atomic mass is 16.7. The summed E-state index contributed by atoms with van der Waals surface area (Å²) in [5.74, 6) is -0.725. The molecule has 2 unspecified atom stereocenters. The molecule has 0 N–H and O–H groups in total. The quantitative estimate of drug-likeness (QED) is 0.0406. The molecular formula is C44H64NO5+. The summed E-state index contributed by atoms with van der Waals surface area (Å²) in [6.07, 6.45) is 27.6. The number of quaternary nitrogens is 1. The molecule has 3 fully saturated rings. The predicted molar refractivity (Wildman–Crippen MR) is 200 cm³/mol. The van der Waals surface area contributed by atoms with E-state index < -0.39 is 11.6 Å². The lowest BCUT2D eigenvalue weighted by Gasteiger charge is -2.47. The van der Waals surface area contributed by atoms with Crippen LogP contribution in [0.5, 0.6) is 0 Å². The summed E-state index contributed by atoms with van der Waals surface area (Å²) in [7, 11) is 0. The molecular weight excluding hydrogens is 622 g/mol. The monoisotopic (exact) mass is 686 g/mol. The summed E-state index contributed by atoms with van der Waals surface area (Å²) in [6.45, 7) is 4.50. The number of unbranched alkanes of at least 4 members (excludes halogenated alkanes) is 11. The lowest BCUT2D eigenvalue weighted by atomic mass is 9.85. The van der Waals surface area contributed by atoms with E-state index in [9.17, 15) is 9.59 Å². The Balaban J connectivity index is 1.08. The van der Waals surface area contributed by atoms with Crippen molar-refractivity contribution in [2.75, 3.05) is 19.9 Å². The first-order valence-corrected chi connectivity index (χ1v) is 20.2. The third-order valence-corrected chi connectivity index (χ3v) is 11.8. The lowest BCUT2D eigenvalue weighted by Crippen LogP contribution is -2.60. The van der Waals surface area contributed by atoms with Gasteiger partial charge in [0, 0.05) is 44.9 Å². The molecule has 2 atom stereocenters. The highest BCUT2D eigenvalue weighted by molar-refractivity contribution is 5.86. The molecule has 6 nitrogen and oxygen atoms in total. The van der Waals surface area contributed by atoms with Crippen molar-refractivity contribution >= 4 is 11.9 Å². The third kappa shape index (κ3) is 10.1. The zero-order chi connectivity index (χ0) is 34.9. The van der Waals surface area contributed by atoms with Gasteiger partial charge >= 0.3 is 11.9 Å². The molecule has 0 radical (unpaired) electrons. The van der Waals surface area contributed by atoms with Crippen LogP contribution in [0.3, 0.4) is 0 Å². The Labute approximate surface area is 302 Å². The van der Waals surface area contributed by atoms with Crippen LogP contribution in [0, 0.1) is 0 Å². The summed E-state index contributed by atoms with van der Waals surface area (Å²) in [5, 5.41) is 0. The van der Waals surface area contributed by atoms with Gasteiger partial charge in [0.05, 0.1) is 25.2 Å². The van der Waals surface area contributed by atoms with Gasteiger partial charge in [0.25, 0.3) is 0 Å². The Morgan fingerprint density at radius 1 is 0.720 bits per heavy atom. The van der Waals surface area contributed by atoms with E-state index in [1.165, 1.54) is 101 Å². The minimum absolute atomic E-state index is 0.136. The van der Waals surface area contributed by atoms with Crippen LogP contribution in [0.25, 0.3) is 0 Å². The SMILES string of the molecule is CCCCCCCC/C=C\CCCCCCCC(=O)OCOC(C(=O)OC1CC2CCC(C1)[N+]21CCCC1)(c1ccccc1)c1ccccc1. The Kier molecular flexibility index (Phi) is 15.4. The molecule has 0 saturated carbocycles. The third-order valence-electron chi connectivity index (χ3n) is 11.8. The van der Waals surface area contributed by atoms with E-state index in [0.717, 1.165) is 38.5 Å². The first-order valence-electron chi connectivity index (χ1n) is 20.2. The van der Waals surface area contributed by atoms with Gasteiger partial charge in [0.2, 0.25) is 5.60 Å². The highest BCUT2D eigenvalue weighted by Crippen LogP contribution is 2.47. The number of hydrogen-bond donors (Lipinski definition) is 0. The molecule has 2 aromatic carbocycles. The smallest absolute Gasteiger partial charge is 0.348 e. The largest absolute Gasteiger partial charge is 0.459 e. The number of hydrogen-bond acceptors (Lipinski definition) is 5. The topological polar surface area (TPSA) is 61.8 Å². The van der Waals surface area contributed by atoms with Crippen molar-refractivity contribution in [3.63, 3.8) is 0 Å². The zero-order valence-electron chi connectivity index (χ0n) is 30.9. The van der Waals surface area contributed by atoms with Crippen molar-refractivity contribution < 1.29 is 28.3 Å². The van der Waals surface area contributed by atoms with Gasteiger partial charge < -0.3 is 18.7 Å². The molecule has 3 aliphatic rings. The zero-order valence-corrected chi connectivity index (χ0v) is 30.9. The normalized spacial score (nSPS) is 21.2. The van der Waals surface area contributed by atoms with E-state index in [2.05, 4.69) is 19.1 Å². The van der Waals surface area contributed by atoms with Gasteiger partial charge in [-0.15, -0.1) is 0 Å². The Bertz CT molecular complexity index is 1250. The van der Waals surface area contributed by atoms with Gasteiger partial charge in [-0.05, 0) is 43.2 Å². The van der Waals surface area contributed by atoms with Gasteiger partial charge in [-0.25, -0.2) is 4.79 Å². The lowest BCUT2D eigenvalue weighted by molar-refractivity contribution is -0.956. The second-order valence-corrected chi connectivity index (χ2v) is 15.2. The van der Waals surface area contributed by atoms with Crippen LogP contribution in [0.4, 0.5) is 0 Å². The van der Waals surface area contributed by atoms with Crippen LogP contribution in [-0.2, 0) is 29.4 Å². The standard InChI is InChI=1S/C44H64NO5/c1-2-3-4-5-6-7-8-9-10-11-12-13-14-15-22-29-42(46)48-36-49-44(37-25-18-16-19-26-37,38-27-20-17-21-28-38)43(47)50-41-34-39-30-31-40(35-41)45(39)32-23-24-33-45/h9-10,16-21,25-28,39-41H,2-8,11-15,22-24,29-36H2,1H3/q+1/b10-9-. The minimum atomic E-state index is -1.54. The number of carbonyl (C=O) groups is 2. The maximum absolute atomic E-state index is 14.5. The predicted octanol–water partition coefficient (Wildman–Crippen LogP) is 10.3. The second-order valence-electron chi connectivity index (χ2n) is 15.2. The number of esters is 2. The van der Waals surface area contributed by atoms with Crippen LogP contribution in [-0.4, -0.2) is 54.5 Å². The number of allylic oxidation sites excluding steroid dienone is 2. The van der Waals surface area contributed by atoms with Crippen molar-refractivity contribution in [1.82, 2.24) is 0 Å². The molecule has 0 amide bonds. The number of piperidine rings is 1. The van der Waals surface area contributed by atoms with E-state index in [1.807, 2.05) is 60.7 Å². The number of rotatable bonds is 22. The molecule has 274 valence electrons. The molecule has 3 saturated heterocycles. The van der Waals surface area contributed by atoms with Crippen molar-refractivity contribution in [2.24, 2.45) is 0 Å². The van der Waals surface area contributed by atoms with Crippen LogP contribution in [0.2, 0.25) is 0 Å². The van der Waals surface area contributed by atoms with Gasteiger partial charge in [0.1, 0.15) is 6.10 Å². The molecule has 50 heavy (non-hydrogen) atoms. The maximum atomic E-state index is 14.5. The van der Waals surface area contributed by atoms with E-state index in [1.54, 1.807) is 0 Å². The van der Waals surface area contributed by atoms with Crippen LogP contribution >= 0.6 is 0 Å². The van der Waals surface area contributed by atoms with Crippen molar-refractivity contribution in [3.8, 4) is 0 Å². The van der Waals surface area contributed by atoms with E-state index in [0.29, 0.717) is 29.6 Å². The average molecular weight is 687 g/mol. The van der Waals surface area contributed by atoms with Crippen molar-refractivity contribution in [1.29, 1.82) is 0 Å². The maximum Gasteiger partial charge on any atom is 0.348 e. The summed E-state index contributed by atoms with van der Waals surface area (Å²) < 4.78 is 19.8. The van der Waals surface area contributed by atoms with E-state index in [-0.39, 0.29) is 18.9 Å². The van der Waals surface area contributed by atoms with Crippen LogP contribution < -0.4 is 0 Å². The Hall–Kier alpha value is -2.96. The molecule has 2 aromatic rings. The van der Waals surface area contributed by atoms with Crippen molar-refractivity contribution in [3.05, 3.63) is 83.9 Å². The summed E-state index contributed by atoms with van der Waals surface area (Å²) in [5.41, 5.74) is -0.194. The second kappa shape index (κ2) is 20.2. The Morgan fingerprint density at radius 2 is 1.24 bits per heavy atom. The molecule has 0 aliphatic carbocycles. The molecule has 2 bridgehead atoms. The fraction of sp³-hybridized carbons (Fsp3) is 0.636.